The monoisotopic (exact) mass is 374 g/mol. The number of ether oxygens (including phenoxy) is 1. The minimum atomic E-state index is -0.0512. The van der Waals surface area contributed by atoms with Crippen LogP contribution in [0.15, 0.2) is 17.6 Å². The summed E-state index contributed by atoms with van der Waals surface area (Å²) >= 11 is 1.52. The fourth-order valence-corrected chi connectivity index (χ4v) is 4.50. The highest BCUT2D eigenvalue weighted by Gasteiger charge is 2.39. The van der Waals surface area contributed by atoms with Gasteiger partial charge in [-0.05, 0) is 55.7 Å². The molecule has 2 aliphatic rings. The van der Waals surface area contributed by atoms with Gasteiger partial charge >= 0.3 is 0 Å². The smallest absolute Gasteiger partial charge is 0.265 e. The molecular weight excluding hydrogens is 348 g/mol. The van der Waals surface area contributed by atoms with Gasteiger partial charge in [-0.25, -0.2) is 0 Å². The molecule has 6 nitrogen and oxygen atoms in total. The van der Waals surface area contributed by atoms with Crippen LogP contribution in [-0.4, -0.2) is 41.5 Å². The van der Waals surface area contributed by atoms with E-state index in [0.717, 1.165) is 41.9 Å². The molecule has 1 saturated carbocycles. The summed E-state index contributed by atoms with van der Waals surface area (Å²) in [5.74, 6) is 1.24. The number of amides is 1. The Morgan fingerprint density at radius 1 is 1.42 bits per heavy atom. The second-order valence-electron chi connectivity index (χ2n) is 7.41. The quantitative estimate of drug-likeness (QED) is 0.816. The summed E-state index contributed by atoms with van der Waals surface area (Å²) in [6, 6.07) is 2.61. The van der Waals surface area contributed by atoms with E-state index in [2.05, 4.69) is 21.1 Å². The Hall–Kier alpha value is -1.70. The van der Waals surface area contributed by atoms with Gasteiger partial charge < -0.3 is 15.4 Å². The molecule has 2 unspecified atom stereocenters. The number of nitrogens with zero attached hydrogens (tertiary/aromatic N) is 2. The molecular formula is C19H26N4O2S. The Kier molecular flexibility index (Phi) is 5.11. The molecule has 0 aromatic carbocycles. The van der Waals surface area contributed by atoms with Crippen LogP contribution in [0.25, 0.3) is 0 Å². The highest BCUT2D eigenvalue weighted by molar-refractivity contribution is 7.12. The predicted octanol–water partition coefficient (Wildman–Crippen LogP) is 2.91. The van der Waals surface area contributed by atoms with Crippen LogP contribution in [0.1, 0.15) is 46.1 Å². The zero-order chi connectivity index (χ0) is 18.1. The van der Waals surface area contributed by atoms with Crippen molar-refractivity contribution < 1.29 is 9.53 Å². The molecule has 140 valence electrons. The van der Waals surface area contributed by atoms with Gasteiger partial charge in [0.2, 0.25) is 0 Å². The summed E-state index contributed by atoms with van der Waals surface area (Å²) in [6.45, 7) is 4.79. The number of rotatable bonds is 6. The Morgan fingerprint density at radius 2 is 2.23 bits per heavy atom. The lowest BCUT2D eigenvalue weighted by molar-refractivity contribution is 0.0662. The van der Waals surface area contributed by atoms with Crippen LogP contribution in [0.5, 0.6) is 0 Å². The van der Waals surface area contributed by atoms with Crippen molar-refractivity contribution in [3.8, 4) is 0 Å². The van der Waals surface area contributed by atoms with E-state index in [1.807, 2.05) is 26.2 Å². The second kappa shape index (κ2) is 7.50. The molecule has 1 saturated heterocycles. The van der Waals surface area contributed by atoms with Gasteiger partial charge in [0.05, 0.1) is 16.3 Å². The minimum absolute atomic E-state index is 0.0512. The number of anilines is 1. The van der Waals surface area contributed by atoms with Crippen LogP contribution < -0.4 is 10.6 Å². The molecule has 0 bridgehead atoms. The lowest BCUT2D eigenvalue weighted by Gasteiger charge is -2.22. The third-order valence-electron chi connectivity index (χ3n) is 5.33. The summed E-state index contributed by atoms with van der Waals surface area (Å²) in [5, 5.41) is 13.1. The number of aromatic nitrogens is 2. The maximum absolute atomic E-state index is 12.5. The molecule has 1 aliphatic heterocycles. The highest BCUT2D eigenvalue weighted by atomic mass is 32.1. The number of carbonyl (C=O) groups is 1. The third kappa shape index (κ3) is 4.00. The molecule has 2 atom stereocenters. The fourth-order valence-electron chi connectivity index (χ4n) is 3.63. The molecule has 1 amide bonds. The summed E-state index contributed by atoms with van der Waals surface area (Å²) in [5.41, 5.74) is 2.89. The van der Waals surface area contributed by atoms with E-state index >= 15 is 0 Å². The molecule has 0 radical (unpaired) electrons. The number of carbonyl (C=O) groups excluding carboxylic acids is 1. The lowest BCUT2D eigenvalue weighted by Crippen LogP contribution is -2.29. The Bertz CT molecular complexity index is 778. The molecule has 3 heterocycles. The molecule has 0 spiro atoms. The van der Waals surface area contributed by atoms with E-state index in [-0.39, 0.29) is 5.91 Å². The zero-order valence-corrected chi connectivity index (χ0v) is 16.1. The van der Waals surface area contributed by atoms with E-state index in [9.17, 15) is 4.79 Å². The molecule has 4 rings (SSSR count). The normalized spacial score (nSPS) is 23.2. The van der Waals surface area contributed by atoms with Gasteiger partial charge in [-0.1, -0.05) is 0 Å². The SMILES string of the molecule is Cc1nn(C)cc1NC(=O)c1cc(C2CC2NCC2CCOCC2)cs1. The highest BCUT2D eigenvalue weighted by Crippen LogP contribution is 2.42. The molecule has 2 aromatic rings. The van der Waals surface area contributed by atoms with Crippen molar-refractivity contribution in [2.75, 3.05) is 25.1 Å². The Morgan fingerprint density at radius 3 is 2.96 bits per heavy atom. The maximum Gasteiger partial charge on any atom is 0.265 e. The van der Waals surface area contributed by atoms with Crippen LogP contribution in [0.3, 0.4) is 0 Å². The second-order valence-corrected chi connectivity index (χ2v) is 8.32. The van der Waals surface area contributed by atoms with E-state index < -0.39 is 0 Å². The Labute approximate surface area is 157 Å². The zero-order valence-electron chi connectivity index (χ0n) is 15.3. The van der Waals surface area contributed by atoms with Crippen LogP contribution in [-0.2, 0) is 11.8 Å². The number of hydrogen-bond acceptors (Lipinski definition) is 5. The first-order valence-corrected chi connectivity index (χ1v) is 10.2. The van der Waals surface area contributed by atoms with Gasteiger partial charge in [-0.15, -0.1) is 11.3 Å². The molecule has 1 aliphatic carbocycles. The molecule has 2 N–H and O–H groups in total. The first kappa shape index (κ1) is 17.7. The van der Waals surface area contributed by atoms with E-state index in [0.29, 0.717) is 12.0 Å². The van der Waals surface area contributed by atoms with E-state index in [1.165, 1.54) is 36.2 Å². The van der Waals surface area contributed by atoms with Gasteiger partial charge in [0, 0.05) is 38.4 Å². The van der Waals surface area contributed by atoms with Crippen LogP contribution in [0.4, 0.5) is 5.69 Å². The minimum Gasteiger partial charge on any atom is -0.381 e. The molecule has 26 heavy (non-hydrogen) atoms. The molecule has 2 aromatic heterocycles. The van der Waals surface area contributed by atoms with Gasteiger partial charge in [-0.2, -0.15) is 5.10 Å². The summed E-state index contributed by atoms with van der Waals surface area (Å²) in [4.78, 5) is 13.2. The maximum atomic E-state index is 12.5. The van der Waals surface area contributed by atoms with E-state index in [1.54, 1.807) is 4.68 Å². The average molecular weight is 375 g/mol. The Balaban J connectivity index is 1.29. The number of thiophene rings is 1. The van der Waals surface area contributed by atoms with Crippen LogP contribution >= 0.6 is 11.3 Å². The van der Waals surface area contributed by atoms with Crippen molar-refractivity contribution in [3.63, 3.8) is 0 Å². The van der Waals surface area contributed by atoms with Crippen molar-refractivity contribution in [1.82, 2.24) is 15.1 Å². The van der Waals surface area contributed by atoms with Gasteiger partial charge in [0.1, 0.15) is 0 Å². The first-order valence-electron chi connectivity index (χ1n) is 9.31. The predicted molar refractivity (Wildman–Crippen MR) is 103 cm³/mol. The summed E-state index contributed by atoms with van der Waals surface area (Å²) in [7, 11) is 1.85. The van der Waals surface area contributed by atoms with Gasteiger partial charge in [0.15, 0.2) is 0 Å². The van der Waals surface area contributed by atoms with E-state index in [4.69, 9.17) is 4.74 Å². The van der Waals surface area contributed by atoms with Crippen molar-refractivity contribution >= 4 is 22.9 Å². The number of hydrogen-bond donors (Lipinski definition) is 2. The summed E-state index contributed by atoms with van der Waals surface area (Å²) < 4.78 is 7.13. The van der Waals surface area contributed by atoms with Gasteiger partial charge in [0.25, 0.3) is 5.91 Å². The van der Waals surface area contributed by atoms with Gasteiger partial charge in [-0.3, -0.25) is 9.48 Å². The number of nitrogens with one attached hydrogen (secondary N) is 2. The van der Waals surface area contributed by atoms with Crippen molar-refractivity contribution in [1.29, 1.82) is 0 Å². The average Bonchev–Trinajstić information content (AvgIpc) is 3.10. The molecule has 7 heteroatoms. The van der Waals surface area contributed by atoms with Crippen molar-refractivity contribution in [3.05, 3.63) is 33.8 Å². The van der Waals surface area contributed by atoms with Crippen molar-refractivity contribution in [2.24, 2.45) is 13.0 Å². The number of aryl methyl sites for hydroxylation is 2. The summed E-state index contributed by atoms with van der Waals surface area (Å²) in [6.07, 6.45) is 5.34. The third-order valence-corrected chi connectivity index (χ3v) is 6.28. The fraction of sp³-hybridized carbons (Fsp3) is 0.579. The lowest BCUT2D eigenvalue weighted by atomic mass is 10.0. The van der Waals surface area contributed by atoms with Crippen LogP contribution in [0.2, 0.25) is 0 Å². The topological polar surface area (TPSA) is 68.2 Å². The largest absolute Gasteiger partial charge is 0.381 e. The van der Waals surface area contributed by atoms with Crippen molar-refractivity contribution in [2.45, 2.75) is 38.1 Å². The van der Waals surface area contributed by atoms with Crippen LogP contribution in [0, 0.1) is 12.8 Å². The standard InChI is InChI=1S/C19H26N4O2S/c1-12-17(10-23(2)22-12)21-19(24)18-7-14(11-26-18)15-8-16(15)20-9-13-3-5-25-6-4-13/h7,10-11,13,15-16,20H,3-6,8-9H2,1-2H3,(H,21,24). The first-order chi connectivity index (χ1) is 12.6. The molecule has 2 fully saturated rings.